The van der Waals surface area contributed by atoms with Gasteiger partial charge < -0.3 is 14.6 Å². The Balaban J connectivity index is 2.03. The molecule has 1 fully saturated rings. The van der Waals surface area contributed by atoms with Gasteiger partial charge in [-0.2, -0.15) is 0 Å². The third kappa shape index (κ3) is 2.68. The van der Waals surface area contributed by atoms with Gasteiger partial charge in [-0.25, -0.2) is 4.79 Å². The van der Waals surface area contributed by atoms with E-state index in [9.17, 15) is 9.59 Å². The number of carboxylic acids is 1. The van der Waals surface area contributed by atoms with Gasteiger partial charge in [-0.05, 0) is 12.1 Å². The first-order chi connectivity index (χ1) is 8.50. The largest absolute Gasteiger partial charge is 0.493 e. The van der Waals surface area contributed by atoms with Crippen LogP contribution in [0.4, 0.5) is 0 Å². The molecule has 96 valence electrons. The maximum Gasteiger partial charge on any atom is 0.377 e. The van der Waals surface area contributed by atoms with Crippen molar-refractivity contribution in [1.29, 1.82) is 0 Å². The molecular weight excluding hydrogens is 236 g/mol. The van der Waals surface area contributed by atoms with E-state index >= 15 is 0 Å². The Kier molecular flexibility index (Phi) is 3.34. The highest BCUT2D eigenvalue weighted by Gasteiger charge is 2.34. The summed E-state index contributed by atoms with van der Waals surface area (Å²) < 4.78 is 10.7. The average Bonchev–Trinajstić information content (AvgIpc) is 2.33. The minimum Gasteiger partial charge on any atom is -0.493 e. The topological polar surface area (TPSA) is 72.8 Å². The summed E-state index contributed by atoms with van der Waals surface area (Å²) in [7, 11) is 0. The lowest BCUT2D eigenvalue weighted by Crippen LogP contribution is -2.44. The van der Waals surface area contributed by atoms with Crippen LogP contribution < -0.4 is 4.74 Å². The molecule has 1 aromatic rings. The van der Waals surface area contributed by atoms with Crippen molar-refractivity contribution >= 4 is 11.8 Å². The molecule has 0 aromatic heterocycles. The molecule has 0 radical (unpaired) electrons. The molecule has 0 bridgehead atoms. The molecule has 0 atom stereocenters. The van der Waals surface area contributed by atoms with E-state index in [-0.39, 0.29) is 11.0 Å². The molecular formula is C13H14O5. The Morgan fingerprint density at radius 2 is 2.17 bits per heavy atom. The molecule has 5 heteroatoms. The maximum absolute atomic E-state index is 11.3. The zero-order valence-electron chi connectivity index (χ0n) is 10.0. The molecule has 1 aliphatic rings. The summed E-state index contributed by atoms with van der Waals surface area (Å²) in [6.45, 7) is 3.84. The minimum atomic E-state index is -1.47. The second-order valence-electron chi connectivity index (χ2n) is 4.75. The molecule has 1 saturated heterocycles. The zero-order chi connectivity index (χ0) is 13.2. The number of carbonyl (C=O) groups is 2. The molecule has 0 amide bonds. The molecule has 5 nitrogen and oxygen atoms in total. The van der Waals surface area contributed by atoms with Crippen LogP contribution in [0.2, 0.25) is 0 Å². The number of benzene rings is 1. The van der Waals surface area contributed by atoms with Gasteiger partial charge in [0.2, 0.25) is 0 Å². The SMILES string of the molecule is CC1(COc2cccc(C(=O)C(=O)O)c2)COC1. The molecule has 1 aliphatic heterocycles. The van der Waals surface area contributed by atoms with Crippen molar-refractivity contribution in [2.24, 2.45) is 5.41 Å². The van der Waals surface area contributed by atoms with Gasteiger partial charge in [0.05, 0.1) is 19.8 Å². The van der Waals surface area contributed by atoms with Crippen LogP contribution >= 0.6 is 0 Å². The fourth-order valence-electron chi connectivity index (χ4n) is 1.64. The lowest BCUT2D eigenvalue weighted by atomic mass is 9.90. The number of carboxylic acid groups (broad SMARTS) is 1. The van der Waals surface area contributed by atoms with E-state index < -0.39 is 11.8 Å². The Labute approximate surface area is 104 Å². The Bertz CT molecular complexity index is 476. The molecule has 18 heavy (non-hydrogen) atoms. The first-order valence-electron chi connectivity index (χ1n) is 5.58. The van der Waals surface area contributed by atoms with Crippen LogP contribution in [0.15, 0.2) is 24.3 Å². The highest BCUT2D eigenvalue weighted by molar-refractivity contribution is 6.39. The van der Waals surface area contributed by atoms with Crippen LogP contribution in [0.25, 0.3) is 0 Å². The second-order valence-corrected chi connectivity index (χ2v) is 4.75. The van der Waals surface area contributed by atoms with Crippen LogP contribution in [0, 0.1) is 5.41 Å². The van der Waals surface area contributed by atoms with Gasteiger partial charge in [0.15, 0.2) is 0 Å². The Morgan fingerprint density at radius 1 is 1.44 bits per heavy atom. The number of rotatable bonds is 5. The fraction of sp³-hybridized carbons (Fsp3) is 0.385. The van der Waals surface area contributed by atoms with Crippen LogP contribution in [0.5, 0.6) is 5.75 Å². The molecule has 1 N–H and O–H groups in total. The number of ether oxygens (including phenoxy) is 2. The van der Waals surface area contributed by atoms with Gasteiger partial charge in [0.1, 0.15) is 5.75 Å². The van der Waals surface area contributed by atoms with Crippen molar-refractivity contribution in [1.82, 2.24) is 0 Å². The lowest BCUT2D eigenvalue weighted by molar-refractivity contribution is -0.131. The zero-order valence-corrected chi connectivity index (χ0v) is 10.0. The van der Waals surface area contributed by atoms with E-state index in [2.05, 4.69) is 0 Å². The molecule has 0 aliphatic carbocycles. The molecule has 1 aromatic carbocycles. The number of carbonyl (C=O) groups excluding carboxylic acids is 1. The van der Waals surface area contributed by atoms with Crippen LogP contribution in [-0.4, -0.2) is 36.7 Å². The molecule has 1 heterocycles. The van der Waals surface area contributed by atoms with Crippen molar-refractivity contribution < 1.29 is 24.2 Å². The summed E-state index contributed by atoms with van der Waals surface area (Å²) in [5.41, 5.74) is 0.127. The van der Waals surface area contributed by atoms with Gasteiger partial charge in [0, 0.05) is 11.0 Å². The number of Topliss-reactive ketones (excluding diaryl/α,β-unsaturated/α-hetero) is 1. The van der Waals surface area contributed by atoms with Crippen molar-refractivity contribution in [3.05, 3.63) is 29.8 Å². The van der Waals surface area contributed by atoms with Crippen LogP contribution in [0.1, 0.15) is 17.3 Å². The summed E-state index contributed by atoms with van der Waals surface area (Å²) in [6, 6.07) is 6.20. The summed E-state index contributed by atoms with van der Waals surface area (Å²) >= 11 is 0. The van der Waals surface area contributed by atoms with E-state index in [1.54, 1.807) is 12.1 Å². The number of hydrogen-bond acceptors (Lipinski definition) is 4. The quantitative estimate of drug-likeness (QED) is 0.631. The van der Waals surface area contributed by atoms with Crippen molar-refractivity contribution in [2.75, 3.05) is 19.8 Å². The summed E-state index contributed by atoms with van der Waals surface area (Å²) in [4.78, 5) is 21.9. The highest BCUT2D eigenvalue weighted by atomic mass is 16.5. The van der Waals surface area contributed by atoms with Gasteiger partial charge in [-0.1, -0.05) is 19.1 Å². The molecule has 2 rings (SSSR count). The van der Waals surface area contributed by atoms with Crippen LogP contribution in [-0.2, 0) is 9.53 Å². The van der Waals surface area contributed by atoms with E-state index in [1.807, 2.05) is 6.92 Å². The van der Waals surface area contributed by atoms with E-state index in [1.165, 1.54) is 12.1 Å². The molecule has 0 unspecified atom stereocenters. The Morgan fingerprint density at radius 3 is 2.72 bits per heavy atom. The van der Waals surface area contributed by atoms with Gasteiger partial charge in [0.25, 0.3) is 5.78 Å². The number of hydrogen-bond donors (Lipinski definition) is 1. The molecule has 0 saturated carbocycles. The average molecular weight is 250 g/mol. The highest BCUT2D eigenvalue weighted by Crippen LogP contribution is 2.27. The fourth-order valence-corrected chi connectivity index (χ4v) is 1.64. The lowest BCUT2D eigenvalue weighted by Gasteiger charge is -2.37. The second kappa shape index (κ2) is 4.78. The van der Waals surface area contributed by atoms with Gasteiger partial charge in [-0.3, -0.25) is 4.79 Å². The van der Waals surface area contributed by atoms with E-state index in [0.29, 0.717) is 25.6 Å². The monoisotopic (exact) mass is 250 g/mol. The van der Waals surface area contributed by atoms with Crippen LogP contribution in [0.3, 0.4) is 0 Å². The normalized spacial score (nSPS) is 16.7. The first-order valence-corrected chi connectivity index (χ1v) is 5.58. The first kappa shape index (κ1) is 12.6. The summed E-state index contributed by atoms with van der Waals surface area (Å²) in [6.07, 6.45) is 0. The van der Waals surface area contributed by atoms with Crippen molar-refractivity contribution in [3.63, 3.8) is 0 Å². The third-order valence-electron chi connectivity index (χ3n) is 2.78. The van der Waals surface area contributed by atoms with E-state index in [0.717, 1.165) is 0 Å². The van der Waals surface area contributed by atoms with Gasteiger partial charge >= 0.3 is 5.97 Å². The smallest absolute Gasteiger partial charge is 0.377 e. The van der Waals surface area contributed by atoms with E-state index in [4.69, 9.17) is 14.6 Å². The third-order valence-corrected chi connectivity index (χ3v) is 2.78. The number of ketones is 1. The number of aliphatic carboxylic acids is 1. The summed E-state index contributed by atoms with van der Waals surface area (Å²) in [5, 5.41) is 8.63. The Hall–Kier alpha value is -1.88. The predicted octanol–water partition coefficient (Wildman–Crippen LogP) is 1.37. The minimum absolute atomic E-state index is 0.00676. The maximum atomic E-state index is 11.3. The summed E-state index contributed by atoms with van der Waals surface area (Å²) in [5.74, 6) is -1.90. The van der Waals surface area contributed by atoms with Gasteiger partial charge in [-0.15, -0.1) is 0 Å². The predicted molar refractivity (Wildman–Crippen MR) is 62.8 cm³/mol. The molecule has 0 spiro atoms. The van der Waals surface area contributed by atoms with Crippen molar-refractivity contribution in [3.8, 4) is 5.75 Å². The standard InChI is InChI=1S/C13H14O5/c1-13(6-17-7-13)8-18-10-4-2-3-9(5-10)11(14)12(15)16/h2-5H,6-8H2,1H3,(H,15,16). The van der Waals surface area contributed by atoms with Crippen molar-refractivity contribution in [2.45, 2.75) is 6.92 Å².